The summed E-state index contributed by atoms with van der Waals surface area (Å²) < 4.78 is 4.84. The van der Waals surface area contributed by atoms with Crippen molar-refractivity contribution in [2.45, 2.75) is 6.54 Å². The molecule has 2 heterocycles. The summed E-state index contributed by atoms with van der Waals surface area (Å²) in [5.41, 5.74) is 2.87. The van der Waals surface area contributed by atoms with E-state index in [0.717, 1.165) is 30.2 Å². The van der Waals surface area contributed by atoms with Crippen LogP contribution in [-0.2, 0) is 11.3 Å². The number of hydrogen-bond acceptors (Lipinski definition) is 4. The van der Waals surface area contributed by atoms with Gasteiger partial charge in [0.05, 0.1) is 37.1 Å². The van der Waals surface area contributed by atoms with Crippen LogP contribution in [0, 0.1) is 0 Å². The molecule has 6 nitrogen and oxygen atoms in total. The molecule has 0 atom stereocenters. The van der Waals surface area contributed by atoms with Crippen molar-refractivity contribution in [3.8, 4) is 0 Å². The Morgan fingerprint density at radius 3 is 2.85 bits per heavy atom. The van der Waals surface area contributed by atoms with Gasteiger partial charge in [0.15, 0.2) is 0 Å². The molecule has 1 aliphatic rings. The van der Waals surface area contributed by atoms with Crippen LogP contribution in [0.25, 0.3) is 0 Å². The maximum Gasteiger partial charge on any atom is 0.414 e. The Kier molecular flexibility index (Phi) is 3.28. The van der Waals surface area contributed by atoms with E-state index in [1.807, 2.05) is 30.5 Å². The summed E-state index contributed by atoms with van der Waals surface area (Å²) in [7, 11) is 1.40. The second-order valence-electron chi connectivity index (χ2n) is 4.59. The molecule has 0 saturated carbocycles. The zero-order chi connectivity index (χ0) is 13.9. The number of imidazole rings is 1. The van der Waals surface area contributed by atoms with Crippen molar-refractivity contribution in [1.82, 2.24) is 9.97 Å². The molecular formula is C14H16N4O2. The Labute approximate surface area is 117 Å². The van der Waals surface area contributed by atoms with Crippen molar-refractivity contribution >= 4 is 17.5 Å². The minimum absolute atomic E-state index is 0.322. The molecule has 0 radical (unpaired) electrons. The van der Waals surface area contributed by atoms with Gasteiger partial charge in [-0.1, -0.05) is 12.1 Å². The van der Waals surface area contributed by atoms with E-state index in [4.69, 9.17) is 4.74 Å². The standard InChI is InChI=1S/C14H16N4O2/c1-20-14(19)18-7-6-17(9-11-8-15-10-16-11)12-4-2-3-5-13(12)18/h2-5,8,10H,6-7,9H2,1H3,(H,15,16). The van der Waals surface area contributed by atoms with Crippen molar-refractivity contribution in [2.75, 3.05) is 30.0 Å². The Hall–Kier alpha value is -2.50. The lowest BCUT2D eigenvalue weighted by molar-refractivity contribution is 0.178. The van der Waals surface area contributed by atoms with E-state index >= 15 is 0 Å². The van der Waals surface area contributed by atoms with Crippen LogP contribution >= 0.6 is 0 Å². The number of benzene rings is 1. The molecule has 0 aliphatic carbocycles. The lowest BCUT2D eigenvalue weighted by Crippen LogP contribution is -2.43. The third kappa shape index (κ3) is 2.20. The van der Waals surface area contributed by atoms with Crippen LogP contribution < -0.4 is 9.80 Å². The quantitative estimate of drug-likeness (QED) is 0.908. The van der Waals surface area contributed by atoms with E-state index in [2.05, 4.69) is 14.9 Å². The van der Waals surface area contributed by atoms with Crippen LogP contribution in [-0.4, -0.2) is 36.3 Å². The average Bonchev–Trinajstić information content (AvgIpc) is 3.00. The predicted octanol–water partition coefficient (Wildman–Crippen LogP) is 2.00. The van der Waals surface area contributed by atoms with E-state index in [0.29, 0.717) is 6.54 Å². The summed E-state index contributed by atoms with van der Waals surface area (Å²) >= 11 is 0. The molecule has 20 heavy (non-hydrogen) atoms. The number of H-pyrrole nitrogens is 1. The zero-order valence-electron chi connectivity index (χ0n) is 11.2. The number of amides is 1. The van der Waals surface area contributed by atoms with Crippen LogP contribution in [0.3, 0.4) is 0 Å². The van der Waals surface area contributed by atoms with Gasteiger partial charge < -0.3 is 14.6 Å². The fraction of sp³-hybridized carbons (Fsp3) is 0.286. The van der Waals surface area contributed by atoms with E-state index < -0.39 is 0 Å². The zero-order valence-corrected chi connectivity index (χ0v) is 11.2. The topological polar surface area (TPSA) is 61.5 Å². The van der Waals surface area contributed by atoms with Gasteiger partial charge in [0.2, 0.25) is 0 Å². The number of nitrogens with one attached hydrogen (secondary N) is 1. The normalized spacial score (nSPS) is 14.1. The molecule has 104 valence electrons. The van der Waals surface area contributed by atoms with Gasteiger partial charge in [-0.3, -0.25) is 4.90 Å². The summed E-state index contributed by atoms with van der Waals surface area (Å²) in [6, 6.07) is 7.84. The van der Waals surface area contributed by atoms with E-state index in [1.165, 1.54) is 7.11 Å². The van der Waals surface area contributed by atoms with E-state index in [9.17, 15) is 4.79 Å². The molecule has 1 aromatic heterocycles. The lowest BCUT2D eigenvalue weighted by Gasteiger charge is -2.36. The Morgan fingerprint density at radius 2 is 2.15 bits per heavy atom. The lowest BCUT2D eigenvalue weighted by atomic mass is 10.1. The molecule has 0 unspecified atom stereocenters. The first kappa shape index (κ1) is 12.5. The summed E-state index contributed by atoms with van der Waals surface area (Å²) in [6.07, 6.45) is 3.23. The molecule has 3 rings (SSSR count). The fourth-order valence-corrected chi connectivity index (χ4v) is 2.46. The number of aromatic nitrogens is 2. The van der Waals surface area contributed by atoms with Crippen LogP contribution in [0.5, 0.6) is 0 Å². The molecule has 1 aliphatic heterocycles. The highest BCUT2D eigenvalue weighted by Gasteiger charge is 2.27. The molecule has 1 aromatic carbocycles. The highest BCUT2D eigenvalue weighted by atomic mass is 16.5. The predicted molar refractivity (Wildman–Crippen MR) is 75.8 cm³/mol. The Balaban J connectivity index is 1.90. The van der Waals surface area contributed by atoms with Gasteiger partial charge in [-0.15, -0.1) is 0 Å². The molecule has 0 bridgehead atoms. The number of aromatic amines is 1. The molecule has 2 aromatic rings. The number of hydrogen-bond donors (Lipinski definition) is 1. The summed E-state index contributed by atoms with van der Waals surface area (Å²) in [5.74, 6) is 0. The third-order valence-electron chi connectivity index (χ3n) is 3.41. The summed E-state index contributed by atoms with van der Waals surface area (Å²) in [5, 5.41) is 0. The Morgan fingerprint density at radius 1 is 1.35 bits per heavy atom. The number of carbonyl (C=O) groups excluding carboxylic acids is 1. The first-order chi connectivity index (χ1) is 9.79. The number of fused-ring (bicyclic) bond motifs is 1. The number of nitrogens with zero attached hydrogens (tertiary/aromatic N) is 3. The van der Waals surface area contributed by atoms with Crippen molar-refractivity contribution in [2.24, 2.45) is 0 Å². The summed E-state index contributed by atoms with van der Waals surface area (Å²) in [6.45, 7) is 2.07. The number of rotatable bonds is 2. The minimum Gasteiger partial charge on any atom is -0.452 e. The van der Waals surface area contributed by atoms with Gasteiger partial charge in [0, 0.05) is 19.3 Å². The number of ether oxygens (including phenoxy) is 1. The fourth-order valence-electron chi connectivity index (χ4n) is 2.46. The molecule has 0 saturated heterocycles. The Bertz CT molecular complexity index is 597. The first-order valence-corrected chi connectivity index (χ1v) is 6.46. The van der Waals surface area contributed by atoms with Crippen LogP contribution in [0.1, 0.15) is 5.69 Å². The van der Waals surface area contributed by atoms with Gasteiger partial charge >= 0.3 is 6.09 Å². The minimum atomic E-state index is -0.322. The van der Waals surface area contributed by atoms with Crippen LogP contribution in [0.2, 0.25) is 0 Å². The highest BCUT2D eigenvalue weighted by Crippen LogP contribution is 2.33. The van der Waals surface area contributed by atoms with Crippen molar-refractivity contribution < 1.29 is 9.53 Å². The SMILES string of the molecule is COC(=O)N1CCN(Cc2c[nH]cn2)c2ccccc21. The van der Waals surface area contributed by atoms with Crippen LogP contribution in [0.4, 0.5) is 16.2 Å². The second kappa shape index (κ2) is 5.24. The first-order valence-electron chi connectivity index (χ1n) is 6.46. The number of anilines is 2. The number of carbonyl (C=O) groups is 1. The maximum atomic E-state index is 11.8. The van der Waals surface area contributed by atoms with Crippen molar-refractivity contribution in [3.63, 3.8) is 0 Å². The number of methoxy groups -OCH3 is 1. The smallest absolute Gasteiger partial charge is 0.414 e. The molecule has 6 heteroatoms. The van der Waals surface area contributed by atoms with Crippen molar-refractivity contribution in [3.05, 3.63) is 42.5 Å². The van der Waals surface area contributed by atoms with E-state index in [1.54, 1.807) is 11.2 Å². The summed E-state index contributed by atoms with van der Waals surface area (Å²) in [4.78, 5) is 22.9. The molecule has 1 amide bonds. The largest absolute Gasteiger partial charge is 0.452 e. The van der Waals surface area contributed by atoms with Gasteiger partial charge in [-0.25, -0.2) is 9.78 Å². The highest BCUT2D eigenvalue weighted by molar-refractivity contribution is 5.93. The van der Waals surface area contributed by atoms with E-state index in [-0.39, 0.29) is 6.09 Å². The van der Waals surface area contributed by atoms with Gasteiger partial charge in [-0.05, 0) is 12.1 Å². The van der Waals surface area contributed by atoms with Gasteiger partial charge in [-0.2, -0.15) is 0 Å². The number of para-hydroxylation sites is 2. The monoisotopic (exact) mass is 272 g/mol. The molecule has 1 N–H and O–H groups in total. The van der Waals surface area contributed by atoms with Gasteiger partial charge in [0.1, 0.15) is 0 Å². The van der Waals surface area contributed by atoms with Crippen molar-refractivity contribution in [1.29, 1.82) is 0 Å². The van der Waals surface area contributed by atoms with Gasteiger partial charge in [0.25, 0.3) is 0 Å². The van der Waals surface area contributed by atoms with Crippen LogP contribution in [0.15, 0.2) is 36.8 Å². The molecule has 0 spiro atoms. The third-order valence-corrected chi connectivity index (χ3v) is 3.41. The molecule has 0 fully saturated rings. The average molecular weight is 272 g/mol. The molecular weight excluding hydrogens is 256 g/mol. The maximum absolute atomic E-state index is 11.8. The second-order valence-corrected chi connectivity index (χ2v) is 4.59.